The van der Waals surface area contributed by atoms with Gasteiger partial charge in [0.25, 0.3) is 12.3 Å². The van der Waals surface area contributed by atoms with Gasteiger partial charge in [-0.1, -0.05) is 45.9 Å². The van der Waals surface area contributed by atoms with E-state index in [9.17, 15) is 13.6 Å². The molecule has 0 saturated carbocycles. The fourth-order valence-electron chi connectivity index (χ4n) is 3.10. The number of benzene rings is 1. The van der Waals surface area contributed by atoms with Crippen molar-refractivity contribution in [2.24, 2.45) is 12.5 Å². The van der Waals surface area contributed by atoms with Crippen LogP contribution in [-0.4, -0.2) is 15.7 Å². The van der Waals surface area contributed by atoms with Crippen LogP contribution in [0.3, 0.4) is 0 Å². The number of halogens is 2. The Hall–Kier alpha value is -2.24. The molecule has 0 aliphatic heterocycles. The van der Waals surface area contributed by atoms with Gasteiger partial charge in [-0.05, 0) is 29.4 Å². The zero-order valence-corrected chi connectivity index (χ0v) is 15.3. The number of hydrogen-bond acceptors (Lipinski definition) is 2. The number of amides is 1. The fraction of sp³-hybridized carbons (Fsp3) is 0.474. The first kappa shape index (κ1) is 19.1. The van der Waals surface area contributed by atoms with Gasteiger partial charge < -0.3 is 5.32 Å². The van der Waals surface area contributed by atoms with Crippen LogP contribution in [0.15, 0.2) is 30.5 Å². The molecule has 1 atom stereocenters. The van der Waals surface area contributed by atoms with Gasteiger partial charge in [0.05, 0.1) is 5.56 Å². The van der Waals surface area contributed by atoms with Gasteiger partial charge in [0.2, 0.25) is 0 Å². The predicted octanol–water partition coefficient (Wildman–Crippen LogP) is 5.15. The fourth-order valence-corrected chi connectivity index (χ4v) is 3.10. The first-order valence-corrected chi connectivity index (χ1v) is 8.30. The van der Waals surface area contributed by atoms with Gasteiger partial charge >= 0.3 is 0 Å². The maximum atomic E-state index is 13.1. The highest BCUT2D eigenvalue weighted by atomic mass is 19.3. The maximum Gasteiger partial charge on any atom is 0.282 e. The quantitative estimate of drug-likeness (QED) is 0.811. The van der Waals surface area contributed by atoms with E-state index in [1.807, 2.05) is 18.2 Å². The monoisotopic (exact) mass is 349 g/mol. The molecule has 136 valence electrons. The largest absolute Gasteiger partial charge is 0.322 e. The van der Waals surface area contributed by atoms with E-state index in [4.69, 9.17) is 0 Å². The number of aryl methyl sites for hydroxylation is 1. The molecule has 1 N–H and O–H groups in total. The highest BCUT2D eigenvalue weighted by molar-refractivity contribution is 6.05. The van der Waals surface area contributed by atoms with Crippen molar-refractivity contribution in [3.63, 3.8) is 0 Å². The highest BCUT2D eigenvalue weighted by Crippen LogP contribution is 2.34. The second-order valence-electron chi connectivity index (χ2n) is 7.61. The van der Waals surface area contributed by atoms with E-state index in [0.717, 1.165) is 12.0 Å². The lowest BCUT2D eigenvalue weighted by Crippen LogP contribution is -2.16. The molecule has 1 aromatic heterocycles. The number of nitrogens with one attached hydrogen (secondary N) is 1. The van der Waals surface area contributed by atoms with Crippen LogP contribution in [0.2, 0.25) is 0 Å². The third-order valence-electron chi connectivity index (χ3n) is 3.97. The van der Waals surface area contributed by atoms with E-state index in [1.54, 1.807) is 6.07 Å². The number of para-hydroxylation sites is 1. The minimum absolute atomic E-state index is 0.101. The normalized spacial score (nSPS) is 13.1. The molecular formula is C19H25F2N3O. The Morgan fingerprint density at radius 2 is 1.92 bits per heavy atom. The van der Waals surface area contributed by atoms with Crippen LogP contribution in [0.4, 0.5) is 14.5 Å². The van der Waals surface area contributed by atoms with Gasteiger partial charge in [0, 0.05) is 18.9 Å². The maximum absolute atomic E-state index is 13.1. The lowest BCUT2D eigenvalue weighted by Gasteiger charge is -2.25. The number of carbonyl (C=O) groups excluding carboxylic acids is 1. The van der Waals surface area contributed by atoms with Crippen LogP contribution < -0.4 is 5.32 Å². The molecule has 4 nitrogen and oxygen atoms in total. The number of aromatic nitrogens is 2. The second kappa shape index (κ2) is 7.33. The lowest BCUT2D eigenvalue weighted by atomic mass is 9.82. The molecule has 1 unspecified atom stereocenters. The Morgan fingerprint density at radius 3 is 2.52 bits per heavy atom. The zero-order valence-electron chi connectivity index (χ0n) is 15.3. The molecule has 0 aliphatic carbocycles. The molecule has 0 bridgehead atoms. The number of carbonyl (C=O) groups is 1. The van der Waals surface area contributed by atoms with E-state index in [2.05, 4.69) is 38.1 Å². The minimum Gasteiger partial charge on any atom is -0.322 e. The Bertz CT molecular complexity index is 747. The molecule has 25 heavy (non-hydrogen) atoms. The first-order valence-electron chi connectivity index (χ1n) is 8.30. The minimum atomic E-state index is -2.79. The van der Waals surface area contributed by atoms with Gasteiger partial charge in [-0.25, -0.2) is 8.78 Å². The average molecular weight is 349 g/mol. The van der Waals surface area contributed by atoms with Crippen LogP contribution in [0.1, 0.15) is 68.1 Å². The SMILES string of the molecule is CC(CC(C)(C)C)c1ccccc1NC(=O)c1cn(C)nc1C(F)F. The molecule has 1 aromatic carbocycles. The Balaban J connectivity index is 2.28. The van der Waals surface area contributed by atoms with Crippen molar-refractivity contribution in [3.05, 3.63) is 47.3 Å². The van der Waals surface area contributed by atoms with Crippen LogP contribution >= 0.6 is 0 Å². The van der Waals surface area contributed by atoms with E-state index >= 15 is 0 Å². The summed E-state index contributed by atoms with van der Waals surface area (Å²) in [5.41, 5.74) is 1.18. The van der Waals surface area contributed by atoms with Gasteiger partial charge in [-0.15, -0.1) is 0 Å². The molecule has 2 rings (SSSR count). The van der Waals surface area contributed by atoms with Gasteiger partial charge in [0.15, 0.2) is 0 Å². The third-order valence-corrected chi connectivity index (χ3v) is 3.97. The molecule has 1 heterocycles. The summed E-state index contributed by atoms with van der Waals surface area (Å²) in [7, 11) is 1.52. The van der Waals surface area contributed by atoms with Crippen molar-refractivity contribution in [1.29, 1.82) is 0 Å². The smallest absolute Gasteiger partial charge is 0.282 e. The topological polar surface area (TPSA) is 46.9 Å². The van der Waals surface area contributed by atoms with E-state index < -0.39 is 18.0 Å². The molecule has 0 saturated heterocycles. The Labute approximate surface area is 147 Å². The van der Waals surface area contributed by atoms with Crippen molar-refractivity contribution in [1.82, 2.24) is 9.78 Å². The first-order chi connectivity index (χ1) is 11.6. The molecule has 6 heteroatoms. The highest BCUT2D eigenvalue weighted by Gasteiger charge is 2.24. The van der Waals surface area contributed by atoms with Crippen LogP contribution in [0, 0.1) is 5.41 Å². The number of alkyl halides is 2. The van der Waals surface area contributed by atoms with Crippen molar-refractivity contribution in [2.75, 3.05) is 5.32 Å². The summed E-state index contributed by atoms with van der Waals surface area (Å²) in [5, 5.41) is 6.46. The van der Waals surface area contributed by atoms with Crippen molar-refractivity contribution in [2.45, 2.75) is 46.5 Å². The van der Waals surface area contributed by atoms with Gasteiger partial charge in [0.1, 0.15) is 5.69 Å². The summed E-state index contributed by atoms with van der Waals surface area (Å²) in [5.74, 6) is -0.348. The second-order valence-corrected chi connectivity index (χ2v) is 7.61. The van der Waals surface area contributed by atoms with Crippen LogP contribution in [-0.2, 0) is 7.05 Å². The average Bonchev–Trinajstić information content (AvgIpc) is 2.88. The van der Waals surface area contributed by atoms with Gasteiger partial charge in [-0.2, -0.15) is 5.10 Å². The molecule has 0 spiro atoms. The Morgan fingerprint density at radius 1 is 1.28 bits per heavy atom. The summed E-state index contributed by atoms with van der Waals surface area (Å²) in [6.07, 6.45) is -0.537. The molecule has 0 fully saturated rings. The summed E-state index contributed by atoms with van der Waals surface area (Å²) >= 11 is 0. The number of anilines is 1. The van der Waals surface area contributed by atoms with Crippen LogP contribution in [0.5, 0.6) is 0 Å². The summed E-state index contributed by atoms with van der Waals surface area (Å²) in [6, 6.07) is 7.49. The van der Waals surface area contributed by atoms with Crippen LogP contribution in [0.25, 0.3) is 0 Å². The lowest BCUT2D eigenvalue weighted by molar-refractivity contribution is 0.101. The Kier molecular flexibility index (Phi) is 5.60. The van der Waals surface area contributed by atoms with Crippen molar-refractivity contribution >= 4 is 11.6 Å². The van der Waals surface area contributed by atoms with E-state index in [1.165, 1.54) is 17.9 Å². The number of rotatable bonds is 5. The zero-order chi connectivity index (χ0) is 18.8. The summed E-state index contributed by atoms with van der Waals surface area (Å²) < 4.78 is 27.4. The molecule has 0 radical (unpaired) electrons. The van der Waals surface area contributed by atoms with E-state index in [-0.39, 0.29) is 16.9 Å². The molecule has 2 aromatic rings. The summed E-state index contributed by atoms with van der Waals surface area (Å²) in [4.78, 5) is 12.5. The predicted molar refractivity (Wildman–Crippen MR) is 95.0 cm³/mol. The molecule has 1 amide bonds. The third kappa shape index (κ3) is 4.87. The standard InChI is InChI=1S/C19H25F2N3O/c1-12(10-19(2,3)4)13-8-6-7-9-15(13)22-18(25)14-11-24(5)23-16(14)17(20)21/h6-9,11-12,17H,10H2,1-5H3,(H,22,25). The van der Waals surface area contributed by atoms with Crippen molar-refractivity contribution < 1.29 is 13.6 Å². The summed E-state index contributed by atoms with van der Waals surface area (Å²) in [6.45, 7) is 8.59. The van der Waals surface area contributed by atoms with Crippen molar-refractivity contribution in [3.8, 4) is 0 Å². The van der Waals surface area contributed by atoms with E-state index in [0.29, 0.717) is 5.69 Å². The number of hydrogen-bond donors (Lipinski definition) is 1. The van der Waals surface area contributed by atoms with Gasteiger partial charge in [-0.3, -0.25) is 9.48 Å². The molecule has 0 aliphatic rings. The number of nitrogens with zero attached hydrogens (tertiary/aromatic N) is 2. The molecular weight excluding hydrogens is 324 g/mol.